The van der Waals surface area contributed by atoms with Gasteiger partial charge in [-0.25, -0.2) is 9.78 Å². The average molecular weight is 244 g/mol. The van der Waals surface area contributed by atoms with Gasteiger partial charge in [-0.2, -0.15) is 0 Å². The van der Waals surface area contributed by atoms with Crippen LogP contribution in [0, 0.1) is 0 Å². The first kappa shape index (κ1) is 12.9. The van der Waals surface area contributed by atoms with E-state index < -0.39 is 11.6 Å². The van der Waals surface area contributed by atoms with E-state index in [9.17, 15) is 4.79 Å². The Morgan fingerprint density at radius 3 is 2.62 bits per heavy atom. The fourth-order valence-corrected chi connectivity index (χ4v) is 2.20. The van der Waals surface area contributed by atoms with Gasteiger partial charge in [0.1, 0.15) is 15.6 Å². The maximum Gasteiger partial charge on any atom is 0.359 e. The van der Waals surface area contributed by atoms with Crippen LogP contribution >= 0.6 is 11.3 Å². The predicted molar refractivity (Wildman–Crippen MR) is 62.5 cm³/mol. The van der Waals surface area contributed by atoms with Gasteiger partial charge in [0.05, 0.1) is 7.11 Å². The topological polar surface area (TPSA) is 74.4 Å². The number of esters is 1. The van der Waals surface area contributed by atoms with Crippen LogP contribution in [-0.4, -0.2) is 25.2 Å². The number of aromatic nitrogens is 1. The highest BCUT2D eigenvalue weighted by molar-refractivity contribution is 7.16. The minimum absolute atomic E-state index is 0.166. The van der Waals surface area contributed by atoms with Crippen LogP contribution in [0.5, 0.6) is 0 Å². The first-order valence-corrected chi connectivity index (χ1v) is 5.70. The van der Waals surface area contributed by atoms with Crippen molar-refractivity contribution in [3.63, 3.8) is 0 Å². The summed E-state index contributed by atoms with van der Waals surface area (Å²) in [5.74, 6) is -0.519. The number of carbonyl (C=O) groups is 1. The van der Waals surface area contributed by atoms with E-state index in [0.29, 0.717) is 10.0 Å². The maximum atomic E-state index is 11.4. The number of nitrogens with two attached hydrogens (primary N) is 1. The molecule has 0 fully saturated rings. The number of thiazole rings is 1. The maximum absolute atomic E-state index is 11.4. The molecule has 0 amide bonds. The number of hydrogen-bond acceptors (Lipinski definition) is 6. The van der Waals surface area contributed by atoms with Gasteiger partial charge in [-0.3, -0.25) is 0 Å². The summed E-state index contributed by atoms with van der Waals surface area (Å²) in [6.07, 6.45) is 0.747. The minimum atomic E-state index is -0.519. The molecule has 0 radical (unpaired) electrons. The Labute approximate surface area is 98.6 Å². The third-order valence-corrected chi connectivity index (χ3v) is 3.74. The predicted octanol–water partition coefficient (Wildman–Crippen LogP) is 1.78. The Balaban J connectivity index is 3.14. The zero-order chi connectivity index (χ0) is 12.3. The van der Waals surface area contributed by atoms with Gasteiger partial charge in [-0.15, -0.1) is 0 Å². The lowest BCUT2D eigenvalue weighted by Crippen LogP contribution is -2.23. The van der Waals surface area contributed by atoms with Crippen molar-refractivity contribution in [2.45, 2.75) is 25.9 Å². The molecule has 1 heterocycles. The van der Waals surface area contributed by atoms with Crippen molar-refractivity contribution in [1.29, 1.82) is 0 Å². The third-order valence-electron chi connectivity index (χ3n) is 2.61. The van der Waals surface area contributed by atoms with E-state index in [-0.39, 0.29) is 5.69 Å². The Morgan fingerprint density at radius 2 is 2.19 bits per heavy atom. The van der Waals surface area contributed by atoms with E-state index in [1.54, 1.807) is 7.11 Å². The number of methoxy groups -OCH3 is 2. The van der Waals surface area contributed by atoms with Crippen molar-refractivity contribution in [3.05, 3.63) is 10.7 Å². The van der Waals surface area contributed by atoms with Crippen LogP contribution in [0.1, 0.15) is 35.8 Å². The molecule has 1 aromatic heterocycles. The molecule has 1 rings (SSSR count). The summed E-state index contributed by atoms with van der Waals surface area (Å²) in [5.41, 5.74) is 5.38. The second-order valence-electron chi connectivity index (χ2n) is 3.51. The van der Waals surface area contributed by atoms with Gasteiger partial charge in [-0.05, 0) is 13.3 Å². The molecule has 0 saturated carbocycles. The number of rotatable bonds is 4. The molecule has 1 unspecified atom stereocenters. The van der Waals surface area contributed by atoms with E-state index in [2.05, 4.69) is 9.72 Å². The zero-order valence-electron chi connectivity index (χ0n) is 9.86. The number of hydrogen-bond donors (Lipinski definition) is 1. The number of nitrogen functional groups attached to an aromatic ring is 1. The molecule has 5 nitrogen and oxygen atoms in total. The molecule has 16 heavy (non-hydrogen) atoms. The van der Waals surface area contributed by atoms with Crippen molar-refractivity contribution in [2.24, 2.45) is 0 Å². The van der Waals surface area contributed by atoms with Gasteiger partial charge >= 0.3 is 5.97 Å². The molecule has 0 aliphatic rings. The van der Waals surface area contributed by atoms with Crippen LogP contribution in [0.25, 0.3) is 0 Å². The normalized spacial score (nSPS) is 14.5. The molecule has 0 spiro atoms. The van der Waals surface area contributed by atoms with E-state index in [1.165, 1.54) is 18.4 Å². The molecule has 0 aromatic carbocycles. The number of carbonyl (C=O) groups excluding carboxylic acids is 1. The van der Waals surface area contributed by atoms with Gasteiger partial charge in [-0.1, -0.05) is 18.3 Å². The van der Waals surface area contributed by atoms with E-state index >= 15 is 0 Å². The van der Waals surface area contributed by atoms with E-state index in [4.69, 9.17) is 10.5 Å². The summed E-state index contributed by atoms with van der Waals surface area (Å²) in [6.45, 7) is 3.89. The summed E-state index contributed by atoms with van der Waals surface area (Å²) < 4.78 is 9.99. The van der Waals surface area contributed by atoms with Crippen LogP contribution in [0.2, 0.25) is 0 Å². The summed E-state index contributed by atoms with van der Waals surface area (Å²) in [6, 6.07) is 0. The first-order valence-electron chi connectivity index (χ1n) is 4.88. The smallest absolute Gasteiger partial charge is 0.359 e. The van der Waals surface area contributed by atoms with Crippen molar-refractivity contribution in [2.75, 3.05) is 20.0 Å². The second kappa shape index (κ2) is 4.80. The lowest BCUT2D eigenvalue weighted by atomic mass is 10.1. The fourth-order valence-electron chi connectivity index (χ4n) is 1.18. The first-order chi connectivity index (χ1) is 7.48. The third kappa shape index (κ3) is 2.17. The fraction of sp³-hybridized carbons (Fsp3) is 0.600. The van der Waals surface area contributed by atoms with Crippen molar-refractivity contribution in [1.82, 2.24) is 4.98 Å². The lowest BCUT2D eigenvalue weighted by Gasteiger charge is -2.23. The molecule has 0 aliphatic heterocycles. The van der Waals surface area contributed by atoms with Crippen LogP contribution in [0.3, 0.4) is 0 Å². The molecular formula is C10H16N2O3S. The Hall–Kier alpha value is -1.14. The highest BCUT2D eigenvalue weighted by Crippen LogP contribution is 2.34. The number of anilines is 1. The number of ether oxygens (including phenoxy) is 2. The Morgan fingerprint density at radius 1 is 1.56 bits per heavy atom. The standard InChI is InChI=1S/C10H16N2O3S/c1-5-10(2,15-4)9-12-6(7(11)16-9)8(13)14-3/h5,11H2,1-4H3. The molecule has 0 saturated heterocycles. The summed E-state index contributed by atoms with van der Waals surface area (Å²) >= 11 is 1.25. The highest BCUT2D eigenvalue weighted by atomic mass is 32.1. The van der Waals surface area contributed by atoms with Crippen LogP contribution in [-0.2, 0) is 15.1 Å². The summed E-state index contributed by atoms with van der Waals surface area (Å²) in [7, 11) is 2.91. The highest BCUT2D eigenvalue weighted by Gasteiger charge is 2.30. The van der Waals surface area contributed by atoms with Crippen molar-refractivity contribution in [3.8, 4) is 0 Å². The lowest BCUT2D eigenvalue weighted by molar-refractivity contribution is -0.00171. The molecular weight excluding hydrogens is 228 g/mol. The van der Waals surface area contributed by atoms with Gasteiger partial charge in [0, 0.05) is 7.11 Å². The molecule has 6 heteroatoms. The number of nitrogens with zero attached hydrogens (tertiary/aromatic N) is 1. The Bertz CT molecular complexity index is 385. The van der Waals surface area contributed by atoms with Gasteiger partial charge in [0.2, 0.25) is 0 Å². The molecule has 0 aliphatic carbocycles. The molecule has 90 valence electrons. The van der Waals surface area contributed by atoms with Crippen LogP contribution < -0.4 is 5.73 Å². The Kier molecular flexibility index (Phi) is 3.88. The monoisotopic (exact) mass is 244 g/mol. The molecule has 2 N–H and O–H groups in total. The SMILES string of the molecule is CCC(C)(OC)c1nc(C(=O)OC)c(N)s1. The van der Waals surface area contributed by atoms with E-state index in [0.717, 1.165) is 6.42 Å². The van der Waals surface area contributed by atoms with Crippen LogP contribution in [0.4, 0.5) is 5.00 Å². The molecule has 0 bridgehead atoms. The van der Waals surface area contributed by atoms with Gasteiger partial charge in [0.25, 0.3) is 0 Å². The quantitative estimate of drug-likeness (QED) is 0.817. The molecule has 1 atom stereocenters. The zero-order valence-corrected chi connectivity index (χ0v) is 10.7. The van der Waals surface area contributed by atoms with Crippen molar-refractivity contribution < 1.29 is 14.3 Å². The molecule has 1 aromatic rings. The van der Waals surface area contributed by atoms with Crippen molar-refractivity contribution >= 4 is 22.3 Å². The van der Waals surface area contributed by atoms with E-state index in [1.807, 2.05) is 13.8 Å². The van der Waals surface area contributed by atoms with Gasteiger partial charge in [0.15, 0.2) is 5.69 Å². The van der Waals surface area contributed by atoms with Crippen LogP contribution in [0.15, 0.2) is 0 Å². The average Bonchev–Trinajstić information content (AvgIpc) is 2.69. The summed E-state index contributed by atoms with van der Waals surface area (Å²) in [5, 5.41) is 1.05. The minimum Gasteiger partial charge on any atom is -0.464 e. The summed E-state index contributed by atoms with van der Waals surface area (Å²) in [4.78, 5) is 15.5. The van der Waals surface area contributed by atoms with Gasteiger partial charge < -0.3 is 15.2 Å². The second-order valence-corrected chi connectivity index (χ2v) is 4.54. The largest absolute Gasteiger partial charge is 0.464 e.